The summed E-state index contributed by atoms with van der Waals surface area (Å²) >= 11 is 0. The lowest BCUT2D eigenvalue weighted by molar-refractivity contribution is -0.274. The van der Waals surface area contributed by atoms with Gasteiger partial charge in [0, 0.05) is 36.3 Å². The summed E-state index contributed by atoms with van der Waals surface area (Å²) < 4.78 is 42.1. The Morgan fingerprint density at radius 2 is 1.71 bits per heavy atom. The molecule has 1 saturated heterocycles. The van der Waals surface area contributed by atoms with Crippen molar-refractivity contribution in [1.82, 2.24) is 25.5 Å². The second kappa shape index (κ2) is 11.3. The number of carbonyl (C=O) groups excluding carboxylic acids is 2. The molecular formula is C29H34F3N7O3. The highest BCUT2D eigenvalue weighted by Crippen LogP contribution is 2.48. The molecule has 2 aromatic carbocycles. The minimum absolute atomic E-state index is 0.132. The summed E-state index contributed by atoms with van der Waals surface area (Å²) in [5.41, 5.74) is 1.81. The zero-order valence-corrected chi connectivity index (χ0v) is 23.7. The molecule has 0 unspecified atom stereocenters. The van der Waals surface area contributed by atoms with Gasteiger partial charge in [0.2, 0.25) is 5.95 Å². The number of nitrogens with one attached hydrogen (secondary N) is 2. The molecule has 13 heteroatoms. The van der Waals surface area contributed by atoms with Crippen LogP contribution in [-0.4, -0.2) is 56.9 Å². The van der Waals surface area contributed by atoms with Crippen LogP contribution in [-0.2, 0) is 6.54 Å². The molecule has 5 rings (SSSR count). The average Bonchev–Trinajstić information content (AvgIpc) is 3.43. The zero-order valence-electron chi connectivity index (χ0n) is 23.7. The Kier molecular flexibility index (Phi) is 7.86. The van der Waals surface area contributed by atoms with Crippen LogP contribution < -0.4 is 15.0 Å². The lowest BCUT2D eigenvalue weighted by atomic mass is 9.63. The predicted molar refractivity (Wildman–Crippen MR) is 149 cm³/mol. The van der Waals surface area contributed by atoms with E-state index in [9.17, 15) is 22.8 Å². The number of benzene rings is 2. The van der Waals surface area contributed by atoms with Crippen LogP contribution in [0.25, 0.3) is 0 Å². The molecule has 0 bridgehead atoms. The van der Waals surface area contributed by atoms with Gasteiger partial charge < -0.3 is 9.64 Å². The number of H-pyrrole nitrogens is 1. The molecule has 1 saturated carbocycles. The lowest BCUT2D eigenvalue weighted by Crippen LogP contribution is -2.59. The van der Waals surface area contributed by atoms with Gasteiger partial charge in [-0.3, -0.25) is 15.0 Å². The number of anilines is 2. The third-order valence-corrected chi connectivity index (χ3v) is 8.34. The van der Waals surface area contributed by atoms with Gasteiger partial charge in [0.05, 0.1) is 0 Å². The van der Waals surface area contributed by atoms with Crippen LogP contribution in [0.5, 0.6) is 5.75 Å². The van der Waals surface area contributed by atoms with Crippen molar-refractivity contribution in [2.24, 2.45) is 16.7 Å². The molecule has 2 N–H and O–H groups in total. The van der Waals surface area contributed by atoms with Gasteiger partial charge in [-0.15, -0.1) is 13.2 Å². The van der Waals surface area contributed by atoms with E-state index in [-0.39, 0.29) is 34.5 Å². The summed E-state index contributed by atoms with van der Waals surface area (Å²) in [5.74, 6) is -0.00931. The van der Waals surface area contributed by atoms with Crippen molar-refractivity contribution in [3.8, 4) is 5.75 Å². The number of hydrogen-bond donors (Lipinski definition) is 2. The topological polar surface area (TPSA) is 116 Å². The Hall–Kier alpha value is -4.16. The summed E-state index contributed by atoms with van der Waals surface area (Å²) in [6, 6.07) is 12.2. The van der Waals surface area contributed by atoms with E-state index in [1.807, 2.05) is 0 Å². The van der Waals surface area contributed by atoms with E-state index in [0.717, 1.165) is 31.2 Å². The Balaban J connectivity index is 1.35. The third kappa shape index (κ3) is 6.82. The second-order valence-corrected chi connectivity index (χ2v) is 12.3. The van der Waals surface area contributed by atoms with Gasteiger partial charge in [-0.1, -0.05) is 38.0 Å². The molecule has 1 aliphatic heterocycles. The molecule has 10 nitrogen and oxygen atoms in total. The van der Waals surface area contributed by atoms with Crippen LogP contribution in [0, 0.1) is 16.7 Å². The quantitative estimate of drug-likeness (QED) is 0.366. The predicted octanol–water partition coefficient (Wildman–Crippen LogP) is 6.02. The molecule has 2 heterocycles. The number of carbonyl (C=O) groups is 2. The third-order valence-electron chi connectivity index (χ3n) is 8.34. The number of amides is 3. The Morgan fingerprint density at radius 3 is 2.29 bits per heavy atom. The number of alkyl halides is 3. The van der Waals surface area contributed by atoms with Crippen LogP contribution in [0.15, 0.2) is 48.5 Å². The standard InChI is InChI=1S/C29H34F3N7O3/c1-27(2,3)21-12-14-28(15-13-21)17-38(16-19-4-6-20(7-5-19)24(40)33-25-34-36-37-35-25)26(41)39(18-28)22-8-10-23(11-9-22)42-29(30,31)32/h4-11,21H,12-18H2,1-3H3,(H2,33,34,35,36,37,40)/t21-,28+. The first kappa shape index (κ1) is 29.3. The number of halogens is 3. The van der Waals surface area contributed by atoms with Gasteiger partial charge in [-0.2, -0.15) is 0 Å². The van der Waals surface area contributed by atoms with Crippen LogP contribution >= 0.6 is 0 Å². The van der Waals surface area contributed by atoms with Crippen LogP contribution in [0.4, 0.5) is 29.6 Å². The molecular weight excluding hydrogens is 551 g/mol. The summed E-state index contributed by atoms with van der Waals surface area (Å²) in [6.07, 6.45) is -0.816. The molecule has 42 heavy (non-hydrogen) atoms. The molecule has 3 aromatic rings. The van der Waals surface area contributed by atoms with E-state index >= 15 is 0 Å². The van der Waals surface area contributed by atoms with E-state index < -0.39 is 6.36 Å². The molecule has 1 aliphatic carbocycles. The van der Waals surface area contributed by atoms with Crippen molar-refractivity contribution in [2.75, 3.05) is 23.3 Å². The van der Waals surface area contributed by atoms with Crippen molar-refractivity contribution in [1.29, 1.82) is 0 Å². The van der Waals surface area contributed by atoms with Gasteiger partial charge in [-0.05, 0) is 89.4 Å². The Bertz CT molecular complexity index is 1380. The minimum Gasteiger partial charge on any atom is -0.406 e. The monoisotopic (exact) mass is 585 g/mol. The molecule has 2 fully saturated rings. The lowest BCUT2D eigenvalue weighted by Gasteiger charge is -2.52. The Morgan fingerprint density at radius 1 is 1.05 bits per heavy atom. The highest BCUT2D eigenvalue weighted by atomic mass is 19.4. The molecule has 224 valence electrons. The smallest absolute Gasteiger partial charge is 0.406 e. The highest BCUT2D eigenvalue weighted by Gasteiger charge is 2.46. The number of aromatic amines is 1. The number of ether oxygens (including phenoxy) is 1. The van der Waals surface area contributed by atoms with Crippen molar-refractivity contribution in [3.05, 3.63) is 59.7 Å². The van der Waals surface area contributed by atoms with Gasteiger partial charge in [0.15, 0.2) is 0 Å². The molecule has 0 radical (unpaired) electrons. The van der Waals surface area contributed by atoms with Crippen LogP contribution in [0.2, 0.25) is 0 Å². The van der Waals surface area contributed by atoms with Gasteiger partial charge in [0.1, 0.15) is 5.75 Å². The molecule has 3 amide bonds. The maximum absolute atomic E-state index is 13.8. The maximum atomic E-state index is 13.8. The molecule has 0 atom stereocenters. The highest BCUT2D eigenvalue weighted by molar-refractivity contribution is 6.03. The van der Waals surface area contributed by atoms with Gasteiger partial charge in [0.25, 0.3) is 5.91 Å². The number of tetrazole rings is 1. The summed E-state index contributed by atoms with van der Waals surface area (Å²) in [4.78, 5) is 29.8. The van der Waals surface area contributed by atoms with Crippen LogP contribution in [0.1, 0.15) is 62.4 Å². The summed E-state index contributed by atoms with van der Waals surface area (Å²) in [7, 11) is 0. The fourth-order valence-corrected chi connectivity index (χ4v) is 6.04. The number of nitrogens with zero attached hydrogens (tertiary/aromatic N) is 5. The first-order valence-electron chi connectivity index (χ1n) is 13.9. The zero-order chi connectivity index (χ0) is 30.1. The summed E-state index contributed by atoms with van der Waals surface area (Å²) in [5, 5.41) is 15.5. The van der Waals surface area contributed by atoms with Crippen molar-refractivity contribution in [3.63, 3.8) is 0 Å². The minimum atomic E-state index is -4.79. The van der Waals surface area contributed by atoms with Crippen LogP contribution in [0.3, 0.4) is 0 Å². The number of rotatable bonds is 6. The van der Waals surface area contributed by atoms with E-state index in [4.69, 9.17) is 0 Å². The van der Waals surface area contributed by atoms with E-state index in [2.05, 4.69) is 51.4 Å². The molecule has 1 aromatic heterocycles. The van der Waals surface area contributed by atoms with Crippen molar-refractivity contribution < 1.29 is 27.5 Å². The normalized spacial score (nSPS) is 21.5. The van der Waals surface area contributed by atoms with E-state index in [0.29, 0.717) is 36.8 Å². The number of aromatic nitrogens is 4. The SMILES string of the molecule is CC(C)(C)[C@H]1CC[C@@]2(CC1)CN(Cc1ccc(C(=O)Nc3nnn[nH]3)cc1)C(=O)N(c1ccc(OC(F)(F)F)cc1)C2. The maximum Gasteiger partial charge on any atom is 0.573 e. The first-order chi connectivity index (χ1) is 19.8. The number of hydrogen-bond acceptors (Lipinski definition) is 6. The van der Waals surface area contributed by atoms with Crippen molar-refractivity contribution in [2.45, 2.75) is 59.4 Å². The average molecular weight is 586 g/mol. The van der Waals surface area contributed by atoms with Gasteiger partial charge >= 0.3 is 12.4 Å². The molecule has 2 aliphatic rings. The molecule has 1 spiro atoms. The second-order valence-electron chi connectivity index (χ2n) is 12.3. The number of urea groups is 1. The van der Waals surface area contributed by atoms with E-state index in [1.165, 1.54) is 24.3 Å². The first-order valence-corrected chi connectivity index (χ1v) is 13.9. The fourth-order valence-electron chi connectivity index (χ4n) is 6.04. The van der Waals surface area contributed by atoms with Crippen molar-refractivity contribution >= 4 is 23.6 Å². The summed E-state index contributed by atoms with van der Waals surface area (Å²) in [6.45, 7) is 8.17. The van der Waals surface area contributed by atoms with Gasteiger partial charge in [-0.25, -0.2) is 9.89 Å². The van der Waals surface area contributed by atoms with E-state index in [1.54, 1.807) is 34.1 Å². The Labute approximate surface area is 241 Å². The fraction of sp³-hybridized carbons (Fsp3) is 0.483. The largest absolute Gasteiger partial charge is 0.573 e.